The van der Waals surface area contributed by atoms with E-state index in [-0.39, 0.29) is 0 Å². The first kappa shape index (κ1) is 18.9. The summed E-state index contributed by atoms with van der Waals surface area (Å²) in [6.45, 7) is 2.05. The molecule has 0 unspecified atom stereocenters. The van der Waals surface area contributed by atoms with Gasteiger partial charge in [0.1, 0.15) is 6.33 Å². The molecule has 0 saturated carbocycles. The van der Waals surface area contributed by atoms with E-state index < -0.39 is 0 Å². The molecule has 156 valence electrons. The normalized spacial score (nSPS) is 11.2. The van der Waals surface area contributed by atoms with Crippen LogP contribution in [0.4, 0.5) is 0 Å². The number of aromatic nitrogens is 6. The van der Waals surface area contributed by atoms with Crippen LogP contribution in [-0.4, -0.2) is 50.7 Å². The van der Waals surface area contributed by atoms with Gasteiger partial charge in [0, 0.05) is 5.56 Å². The highest BCUT2D eigenvalue weighted by Crippen LogP contribution is 2.40. The van der Waals surface area contributed by atoms with E-state index >= 15 is 0 Å². The largest absolute Gasteiger partial charge is 0.493 e. The van der Waals surface area contributed by atoms with Gasteiger partial charge in [-0.2, -0.15) is 5.10 Å². The lowest BCUT2D eigenvalue weighted by atomic mass is 10.1. The smallest absolute Gasteiger partial charge is 0.203 e. The van der Waals surface area contributed by atoms with Crippen molar-refractivity contribution in [3.63, 3.8) is 0 Å². The maximum absolute atomic E-state index is 5.45. The number of rotatable bonds is 5. The molecule has 9 nitrogen and oxygen atoms in total. The van der Waals surface area contributed by atoms with Gasteiger partial charge in [0.2, 0.25) is 5.75 Å². The minimum absolute atomic E-state index is 0.511. The van der Waals surface area contributed by atoms with Crippen LogP contribution in [0, 0.1) is 6.92 Å². The quantitative estimate of drug-likeness (QED) is 0.433. The first-order chi connectivity index (χ1) is 15.1. The Bertz CT molecular complexity index is 1380. The second-order valence-electron chi connectivity index (χ2n) is 6.99. The highest BCUT2D eigenvalue weighted by atomic mass is 16.5. The molecule has 3 heterocycles. The number of benzene rings is 2. The fraction of sp³-hybridized carbons (Fsp3) is 0.182. The van der Waals surface area contributed by atoms with Crippen LogP contribution in [0.15, 0.2) is 48.9 Å². The second kappa shape index (κ2) is 7.28. The van der Waals surface area contributed by atoms with Gasteiger partial charge >= 0.3 is 0 Å². The van der Waals surface area contributed by atoms with Gasteiger partial charge in [0.05, 0.1) is 38.6 Å². The maximum atomic E-state index is 5.45. The molecule has 5 aromatic rings. The summed E-state index contributed by atoms with van der Waals surface area (Å²) in [5.74, 6) is 2.09. The number of aryl methyl sites for hydroxylation is 1. The molecule has 0 radical (unpaired) electrons. The maximum Gasteiger partial charge on any atom is 0.203 e. The van der Waals surface area contributed by atoms with Gasteiger partial charge in [-0.3, -0.25) is 0 Å². The minimum Gasteiger partial charge on any atom is -0.493 e. The van der Waals surface area contributed by atoms with Gasteiger partial charge in [-0.25, -0.2) is 19.2 Å². The van der Waals surface area contributed by atoms with Crippen molar-refractivity contribution in [3.8, 4) is 34.3 Å². The first-order valence-corrected chi connectivity index (χ1v) is 9.59. The van der Waals surface area contributed by atoms with E-state index in [0.717, 1.165) is 16.6 Å². The monoisotopic (exact) mass is 416 g/mol. The number of hydrogen-bond donors (Lipinski definition) is 0. The molecule has 0 N–H and O–H groups in total. The van der Waals surface area contributed by atoms with Gasteiger partial charge in [0.25, 0.3) is 0 Å². The highest BCUT2D eigenvalue weighted by molar-refractivity contribution is 5.90. The zero-order chi connectivity index (χ0) is 21.5. The molecule has 31 heavy (non-hydrogen) atoms. The zero-order valence-corrected chi connectivity index (χ0v) is 17.5. The highest BCUT2D eigenvalue weighted by Gasteiger charge is 2.18. The zero-order valence-electron chi connectivity index (χ0n) is 17.5. The van der Waals surface area contributed by atoms with Gasteiger partial charge in [-0.15, -0.1) is 5.10 Å². The summed E-state index contributed by atoms with van der Waals surface area (Å²) in [6.07, 6.45) is 3.39. The molecule has 0 saturated heterocycles. The van der Waals surface area contributed by atoms with Gasteiger partial charge in [-0.05, 0) is 31.2 Å². The third kappa shape index (κ3) is 3.02. The lowest BCUT2D eigenvalue weighted by molar-refractivity contribution is 0.324. The van der Waals surface area contributed by atoms with Crippen LogP contribution in [0.3, 0.4) is 0 Å². The summed E-state index contributed by atoms with van der Waals surface area (Å²) >= 11 is 0. The Morgan fingerprint density at radius 3 is 2.23 bits per heavy atom. The summed E-state index contributed by atoms with van der Waals surface area (Å²) in [5.41, 5.74) is 4.22. The fourth-order valence-corrected chi connectivity index (χ4v) is 3.53. The van der Waals surface area contributed by atoms with Gasteiger partial charge in [-0.1, -0.05) is 17.7 Å². The lowest BCUT2D eigenvalue weighted by Gasteiger charge is -2.12. The van der Waals surface area contributed by atoms with E-state index in [1.165, 1.54) is 5.56 Å². The van der Waals surface area contributed by atoms with Crippen molar-refractivity contribution in [2.24, 2.45) is 0 Å². The van der Waals surface area contributed by atoms with Crippen LogP contribution in [0.1, 0.15) is 5.56 Å². The minimum atomic E-state index is 0.511. The van der Waals surface area contributed by atoms with Crippen molar-refractivity contribution in [1.82, 2.24) is 29.4 Å². The Labute approximate surface area is 177 Å². The van der Waals surface area contributed by atoms with E-state index in [9.17, 15) is 0 Å². The van der Waals surface area contributed by atoms with Crippen molar-refractivity contribution < 1.29 is 14.2 Å². The molecule has 0 spiro atoms. The molecule has 3 aromatic heterocycles. The Morgan fingerprint density at radius 2 is 1.58 bits per heavy atom. The number of ether oxygens (including phenoxy) is 3. The molecule has 9 heteroatoms. The SMILES string of the molecule is COc1cc(-c2nc3c4cnn(-c5ccc(C)cc5)c4ncn3n2)cc(OC)c1OC. The average molecular weight is 416 g/mol. The Morgan fingerprint density at radius 1 is 0.871 bits per heavy atom. The molecule has 0 aliphatic rings. The topological polar surface area (TPSA) is 88.6 Å². The summed E-state index contributed by atoms with van der Waals surface area (Å²) < 4.78 is 19.7. The second-order valence-corrected chi connectivity index (χ2v) is 6.99. The molecule has 0 bridgehead atoms. The molecule has 0 fully saturated rings. The van der Waals surface area contributed by atoms with Gasteiger partial charge in [0.15, 0.2) is 28.6 Å². The van der Waals surface area contributed by atoms with Crippen LogP contribution < -0.4 is 14.2 Å². The number of nitrogens with zero attached hydrogens (tertiary/aromatic N) is 6. The summed E-state index contributed by atoms with van der Waals surface area (Å²) in [6, 6.07) is 11.7. The third-order valence-electron chi connectivity index (χ3n) is 5.11. The molecule has 0 atom stereocenters. The Kier molecular flexibility index (Phi) is 4.43. The van der Waals surface area contributed by atoms with Crippen LogP contribution in [-0.2, 0) is 0 Å². The predicted octanol–water partition coefficient (Wildman–Crippen LogP) is 3.46. The van der Waals surface area contributed by atoms with Crippen molar-refractivity contribution in [1.29, 1.82) is 0 Å². The van der Waals surface area contributed by atoms with Crippen molar-refractivity contribution in [2.45, 2.75) is 6.92 Å². The first-order valence-electron chi connectivity index (χ1n) is 9.59. The summed E-state index contributed by atoms with van der Waals surface area (Å²) in [7, 11) is 4.72. The molecular formula is C22H20N6O3. The van der Waals surface area contributed by atoms with E-state index in [1.807, 2.05) is 43.3 Å². The third-order valence-corrected chi connectivity index (χ3v) is 5.11. The lowest BCUT2D eigenvalue weighted by Crippen LogP contribution is -1.99. The van der Waals surface area contributed by atoms with E-state index in [0.29, 0.717) is 34.4 Å². The van der Waals surface area contributed by atoms with Crippen molar-refractivity contribution in [3.05, 3.63) is 54.5 Å². The Balaban J connectivity index is 1.66. The van der Waals surface area contributed by atoms with Crippen LogP contribution >= 0.6 is 0 Å². The standard InChI is InChI=1S/C22H20N6O3/c1-13-5-7-15(8-6-13)28-21-16(11-24-28)22-25-20(26-27(22)12-23-21)14-9-17(29-2)19(31-4)18(10-14)30-3/h5-12H,1-4H3. The average Bonchev–Trinajstić information content (AvgIpc) is 3.42. The molecular weight excluding hydrogens is 396 g/mol. The fourth-order valence-electron chi connectivity index (χ4n) is 3.53. The van der Waals surface area contributed by atoms with Crippen molar-refractivity contribution >= 4 is 16.7 Å². The molecule has 5 rings (SSSR count). The molecule has 2 aromatic carbocycles. The van der Waals surface area contributed by atoms with Crippen LogP contribution in [0.5, 0.6) is 17.2 Å². The number of methoxy groups -OCH3 is 3. The Hall–Kier alpha value is -4.14. The van der Waals surface area contributed by atoms with Crippen LogP contribution in [0.2, 0.25) is 0 Å². The van der Waals surface area contributed by atoms with E-state index in [4.69, 9.17) is 19.2 Å². The predicted molar refractivity (Wildman–Crippen MR) is 115 cm³/mol. The van der Waals surface area contributed by atoms with E-state index in [1.54, 1.807) is 43.1 Å². The summed E-state index contributed by atoms with van der Waals surface area (Å²) in [5, 5.41) is 9.91. The van der Waals surface area contributed by atoms with E-state index in [2.05, 4.69) is 15.2 Å². The molecule has 0 amide bonds. The van der Waals surface area contributed by atoms with Crippen molar-refractivity contribution in [2.75, 3.05) is 21.3 Å². The summed E-state index contributed by atoms with van der Waals surface area (Å²) in [4.78, 5) is 9.31. The van der Waals surface area contributed by atoms with Gasteiger partial charge < -0.3 is 14.2 Å². The number of hydrogen-bond acceptors (Lipinski definition) is 7. The molecule has 0 aliphatic heterocycles. The molecule has 0 aliphatic carbocycles. The van der Waals surface area contributed by atoms with Crippen LogP contribution in [0.25, 0.3) is 33.8 Å². The number of fused-ring (bicyclic) bond motifs is 3.